The second-order valence-corrected chi connectivity index (χ2v) is 6.11. The summed E-state index contributed by atoms with van der Waals surface area (Å²) < 4.78 is 80.7. The van der Waals surface area contributed by atoms with E-state index in [-0.39, 0.29) is 5.56 Å². The third kappa shape index (κ3) is 3.73. The Morgan fingerprint density at radius 3 is 2.32 bits per heavy atom. The number of rotatable bonds is 4. The summed E-state index contributed by atoms with van der Waals surface area (Å²) in [4.78, 5) is -1.07. The van der Waals surface area contributed by atoms with E-state index in [4.69, 9.17) is 0 Å². The predicted molar refractivity (Wildman–Crippen MR) is 59.1 cm³/mol. The number of alkyl halides is 3. The molecule has 0 spiro atoms. The van der Waals surface area contributed by atoms with Crippen molar-refractivity contribution in [2.45, 2.75) is 18.0 Å². The van der Waals surface area contributed by atoms with Gasteiger partial charge in [-0.05, 0) is 18.6 Å². The maximum Gasteiger partial charge on any atom is 0.714 e. The zero-order valence-electron chi connectivity index (χ0n) is 9.76. The minimum atomic E-state index is -4.88. The smallest absolute Gasteiger partial charge is 0.190 e. The van der Waals surface area contributed by atoms with Crippen LogP contribution in [0.4, 0.5) is 13.2 Å². The van der Waals surface area contributed by atoms with Crippen LogP contribution in [-0.2, 0) is 29.4 Å². The molecule has 0 saturated carbocycles. The first-order valence-electron chi connectivity index (χ1n) is 4.72. The zero-order valence-corrected chi connectivity index (χ0v) is 11.5. The molecule has 0 fully saturated rings. The molecule has 1 aromatic rings. The van der Waals surface area contributed by atoms with Crippen molar-refractivity contribution in [2.75, 3.05) is 7.11 Å². The number of hydrogen-bond acceptors (Lipinski definition) is 5. The second kappa shape index (κ2) is 5.54. The zero-order chi connectivity index (χ0) is 14.8. The highest BCUT2D eigenvalue weighted by Crippen LogP contribution is 2.39. The SMILES string of the molecule is CO[P+](=O)OS(=O)(=O)c1c(C)cccc1C(F)(F)F. The normalized spacial score (nSPS) is 13.4. The molecule has 0 heterocycles. The van der Waals surface area contributed by atoms with E-state index < -0.39 is 35.0 Å². The Hall–Kier alpha value is -1.02. The van der Waals surface area contributed by atoms with E-state index in [0.717, 1.165) is 13.2 Å². The van der Waals surface area contributed by atoms with E-state index in [1.54, 1.807) is 0 Å². The summed E-state index contributed by atoms with van der Waals surface area (Å²) >= 11 is 0. The molecule has 0 amide bonds. The van der Waals surface area contributed by atoms with E-state index in [1.807, 2.05) is 0 Å². The van der Waals surface area contributed by atoms with Crippen molar-refractivity contribution < 1.29 is 34.6 Å². The molecule has 19 heavy (non-hydrogen) atoms. The molecule has 0 radical (unpaired) electrons. The van der Waals surface area contributed by atoms with Crippen molar-refractivity contribution in [1.29, 1.82) is 0 Å². The summed E-state index contributed by atoms with van der Waals surface area (Å²) in [7, 11) is -7.00. The number of halogens is 3. The van der Waals surface area contributed by atoms with Crippen molar-refractivity contribution in [1.82, 2.24) is 0 Å². The lowest BCUT2D eigenvalue weighted by Crippen LogP contribution is -2.15. The molecule has 0 bridgehead atoms. The molecular weight excluding hydrogens is 308 g/mol. The van der Waals surface area contributed by atoms with Gasteiger partial charge in [-0.25, -0.2) is 0 Å². The third-order valence-electron chi connectivity index (χ3n) is 2.08. The highest BCUT2D eigenvalue weighted by atomic mass is 32.2. The molecule has 1 aromatic carbocycles. The summed E-state index contributed by atoms with van der Waals surface area (Å²) in [5.41, 5.74) is -1.55. The fraction of sp³-hybridized carbons (Fsp3) is 0.333. The first kappa shape index (κ1) is 16.0. The van der Waals surface area contributed by atoms with E-state index in [9.17, 15) is 26.2 Å². The van der Waals surface area contributed by atoms with Crippen LogP contribution in [0.1, 0.15) is 11.1 Å². The molecule has 106 valence electrons. The lowest BCUT2D eigenvalue weighted by atomic mass is 10.1. The van der Waals surface area contributed by atoms with E-state index in [2.05, 4.69) is 8.49 Å². The van der Waals surface area contributed by atoms with Crippen LogP contribution in [0.5, 0.6) is 0 Å². The molecular formula is C9H9F3O5PS+. The Kier molecular flexibility index (Phi) is 4.67. The van der Waals surface area contributed by atoms with Crippen molar-refractivity contribution >= 4 is 18.4 Å². The maximum atomic E-state index is 12.8. The molecule has 0 aliphatic heterocycles. The number of aryl methyl sites for hydroxylation is 1. The third-order valence-corrected chi connectivity index (χ3v) is 4.69. The maximum absolute atomic E-state index is 12.8. The lowest BCUT2D eigenvalue weighted by molar-refractivity contribution is -0.140. The summed E-state index contributed by atoms with van der Waals surface area (Å²) in [5.74, 6) is 0. The van der Waals surface area contributed by atoms with Gasteiger partial charge in [0.1, 0.15) is 4.90 Å². The van der Waals surface area contributed by atoms with Gasteiger partial charge < -0.3 is 0 Å². The largest absolute Gasteiger partial charge is 0.714 e. The predicted octanol–water partition coefficient (Wildman–Crippen LogP) is 3.02. The Balaban J connectivity index is 3.46. The van der Waals surface area contributed by atoms with Gasteiger partial charge in [0.2, 0.25) is 0 Å². The minimum Gasteiger partial charge on any atom is -0.190 e. The average molecular weight is 317 g/mol. The van der Waals surface area contributed by atoms with Gasteiger partial charge in [0, 0.05) is 8.54 Å². The Labute approximate surface area is 108 Å². The Morgan fingerprint density at radius 2 is 1.84 bits per heavy atom. The molecule has 1 rings (SSSR count). The molecule has 10 heteroatoms. The van der Waals surface area contributed by atoms with E-state index in [0.29, 0.717) is 6.07 Å². The number of benzene rings is 1. The molecule has 5 nitrogen and oxygen atoms in total. The highest BCUT2D eigenvalue weighted by molar-refractivity contribution is 7.89. The van der Waals surface area contributed by atoms with Crippen LogP contribution in [0.25, 0.3) is 0 Å². The van der Waals surface area contributed by atoms with Crippen LogP contribution in [0.2, 0.25) is 0 Å². The van der Waals surface area contributed by atoms with Crippen LogP contribution in [0.3, 0.4) is 0 Å². The van der Waals surface area contributed by atoms with Gasteiger partial charge in [0.25, 0.3) is 0 Å². The summed E-state index contributed by atoms with van der Waals surface area (Å²) in [6.45, 7) is 1.17. The van der Waals surface area contributed by atoms with Gasteiger partial charge >= 0.3 is 24.5 Å². The van der Waals surface area contributed by atoms with Crippen LogP contribution < -0.4 is 0 Å². The quantitative estimate of drug-likeness (QED) is 0.798. The van der Waals surface area contributed by atoms with E-state index >= 15 is 0 Å². The second-order valence-electron chi connectivity index (χ2n) is 3.38. The van der Waals surface area contributed by atoms with Gasteiger partial charge in [-0.3, -0.25) is 0 Å². The average Bonchev–Trinajstić information content (AvgIpc) is 2.26. The Morgan fingerprint density at radius 1 is 1.26 bits per heavy atom. The molecule has 0 aliphatic rings. The highest BCUT2D eigenvalue weighted by Gasteiger charge is 2.42. The van der Waals surface area contributed by atoms with Crippen LogP contribution in [0.15, 0.2) is 23.1 Å². The fourth-order valence-corrected chi connectivity index (χ4v) is 3.45. The first-order chi connectivity index (χ1) is 8.59. The van der Waals surface area contributed by atoms with Crippen molar-refractivity contribution in [3.8, 4) is 0 Å². The number of hydrogen-bond donors (Lipinski definition) is 0. The lowest BCUT2D eigenvalue weighted by Gasteiger charge is -2.12. The van der Waals surface area contributed by atoms with Crippen molar-refractivity contribution in [2.24, 2.45) is 0 Å². The summed E-state index contributed by atoms with van der Waals surface area (Å²) in [6, 6.07) is 2.84. The molecule has 0 aliphatic carbocycles. The van der Waals surface area contributed by atoms with Gasteiger partial charge in [0.05, 0.1) is 12.7 Å². The van der Waals surface area contributed by atoms with E-state index in [1.165, 1.54) is 13.0 Å². The molecule has 0 N–H and O–H groups in total. The summed E-state index contributed by atoms with van der Waals surface area (Å²) in [6.07, 6.45) is -4.88. The van der Waals surface area contributed by atoms with Crippen LogP contribution >= 0.6 is 8.25 Å². The topological polar surface area (TPSA) is 69.7 Å². The minimum absolute atomic E-state index is 0.172. The van der Waals surface area contributed by atoms with Gasteiger partial charge in [-0.1, -0.05) is 12.1 Å². The first-order valence-corrected chi connectivity index (χ1v) is 7.22. The van der Waals surface area contributed by atoms with Gasteiger partial charge in [-0.15, -0.1) is 4.52 Å². The summed E-state index contributed by atoms with van der Waals surface area (Å²) in [5, 5.41) is 0. The monoisotopic (exact) mass is 317 g/mol. The van der Waals surface area contributed by atoms with Crippen LogP contribution in [-0.4, -0.2) is 15.5 Å². The fourth-order valence-electron chi connectivity index (χ4n) is 1.36. The molecule has 1 atom stereocenters. The Bertz CT molecular complexity index is 596. The van der Waals surface area contributed by atoms with Crippen LogP contribution in [0, 0.1) is 6.92 Å². The standard InChI is InChI=1S/C9H9F3O5PS/c1-6-4-3-5-7(9(10,11)12)8(6)19(14,15)17-18(13)16-2/h3-5H,1-2H3/q+1. The molecule has 0 saturated heterocycles. The van der Waals surface area contributed by atoms with Gasteiger partial charge in [0.15, 0.2) is 0 Å². The van der Waals surface area contributed by atoms with Crippen molar-refractivity contribution in [3.05, 3.63) is 29.3 Å². The van der Waals surface area contributed by atoms with Gasteiger partial charge in [-0.2, -0.15) is 21.6 Å². The molecule has 0 aromatic heterocycles. The molecule has 1 unspecified atom stereocenters. The van der Waals surface area contributed by atoms with Crippen molar-refractivity contribution in [3.63, 3.8) is 0 Å².